The number of amides is 1. The van der Waals surface area contributed by atoms with Crippen LogP contribution in [0.25, 0.3) is 6.08 Å². The van der Waals surface area contributed by atoms with E-state index in [1.165, 1.54) is 6.08 Å². The van der Waals surface area contributed by atoms with Crippen molar-refractivity contribution in [3.8, 4) is 11.5 Å². The molecule has 28 heavy (non-hydrogen) atoms. The van der Waals surface area contributed by atoms with Crippen molar-refractivity contribution in [2.75, 3.05) is 25.2 Å². The molecule has 0 aliphatic carbocycles. The first-order chi connectivity index (χ1) is 13.6. The van der Waals surface area contributed by atoms with Crippen molar-refractivity contribution in [2.24, 2.45) is 0 Å². The van der Waals surface area contributed by atoms with E-state index >= 15 is 0 Å². The van der Waals surface area contributed by atoms with Crippen LogP contribution in [0, 0.1) is 0 Å². The Labute approximate surface area is 164 Å². The van der Waals surface area contributed by atoms with E-state index in [-0.39, 0.29) is 11.7 Å². The monoisotopic (exact) mass is 377 g/mol. The number of ketones is 1. The first kappa shape index (κ1) is 19.4. The molecule has 5 nitrogen and oxygen atoms in total. The maximum absolute atomic E-state index is 12.6. The van der Waals surface area contributed by atoms with Crippen LogP contribution in [0.5, 0.6) is 11.5 Å². The van der Waals surface area contributed by atoms with Crippen LogP contribution in [0.2, 0.25) is 0 Å². The number of nitrogens with zero attached hydrogens (tertiary/aromatic N) is 1. The van der Waals surface area contributed by atoms with Gasteiger partial charge < -0.3 is 14.4 Å². The summed E-state index contributed by atoms with van der Waals surface area (Å²) in [6.07, 6.45) is 6.33. The molecule has 0 unspecified atom stereocenters. The summed E-state index contributed by atoms with van der Waals surface area (Å²) in [7, 11) is 1.57. The van der Waals surface area contributed by atoms with Crippen molar-refractivity contribution in [1.29, 1.82) is 0 Å². The highest BCUT2D eigenvalue weighted by Gasteiger charge is 2.22. The molecule has 0 atom stereocenters. The summed E-state index contributed by atoms with van der Waals surface area (Å²) in [6.45, 7) is 4.72. The molecule has 2 aromatic carbocycles. The predicted octanol–water partition coefficient (Wildman–Crippen LogP) is 4.28. The van der Waals surface area contributed by atoms with Gasteiger partial charge in [0.2, 0.25) is 5.91 Å². The van der Waals surface area contributed by atoms with Gasteiger partial charge in [0.05, 0.1) is 7.11 Å². The molecular weight excluding hydrogens is 354 g/mol. The SMILES string of the molecule is C=CCOc1ccc(/C=C/C(=O)c2cccc(N3CCCC3=O)c2)cc1OC. The van der Waals surface area contributed by atoms with Crippen LogP contribution in [0.4, 0.5) is 5.69 Å². The number of allylic oxidation sites excluding steroid dienone is 1. The van der Waals surface area contributed by atoms with Gasteiger partial charge in [0.25, 0.3) is 0 Å². The summed E-state index contributed by atoms with van der Waals surface area (Å²) in [6, 6.07) is 12.6. The molecule has 1 amide bonds. The zero-order chi connectivity index (χ0) is 19.9. The van der Waals surface area contributed by atoms with E-state index in [2.05, 4.69) is 6.58 Å². The second kappa shape index (κ2) is 9.04. The molecule has 144 valence electrons. The molecule has 1 fully saturated rings. The Morgan fingerprint density at radius 3 is 2.79 bits per heavy atom. The third kappa shape index (κ3) is 4.49. The van der Waals surface area contributed by atoms with Crippen molar-refractivity contribution in [1.82, 2.24) is 0 Å². The van der Waals surface area contributed by atoms with E-state index in [9.17, 15) is 9.59 Å². The minimum Gasteiger partial charge on any atom is -0.493 e. The molecule has 0 N–H and O–H groups in total. The van der Waals surface area contributed by atoms with Crippen molar-refractivity contribution >= 4 is 23.5 Å². The molecule has 5 heteroatoms. The topological polar surface area (TPSA) is 55.8 Å². The average Bonchev–Trinajstić information content (AvgIpc) is 3.16. The number of hydrogen-bond donors (Lipinski definition) is 0. The van der Waals surface area contributed by atoms with Gasteiger partial charge in [-0.1, -0.05) is 36.9 Å². The quantitative estimate of drug-likeness (QED) is 0.391. The lowest BCUT2D eigenvalue weighted by Gasteiger charge is -2.16. The first-order valence-corrected chi connectivity index (χ1v) is 9.17. The largest absolute Gasteiger partial charge is 0.493 e. The molecular formula is C23H23NO4. The van der Waals surface area contributed by atoms with Crippen LogP contribution in [-0.4, -0.2) is 32.0 Å². The van der Waals surface area contributed by atoms with Gasteiger partial charge in [0, 0.05) is 24.2 Å². The third-order valence-corrected chi connectivity index (χ3v) is 4.49. The van der Waals surface area contributed by atoms with Crippen molar-refractivity contribution in [3.05, 3.63) is 72.3 Å². The van der Waals surface area contributed by atoms with Gasteiger partial charge in [0.1, 0.15) is 6.61 Å². The molecule has 2 aromatic rings. The van der Waals surface area contributed by atoms with E-state index in [1.54, 1.807) is 48.4 Å². The van der Waals surface area contributed by atoms with Crippen LogP contribution in [0.15, 0.2) is 61.2 Å². The van der Waals surface area contributed by atoms with Gasteiger partial charge >= 0.3 is 0 Å². The van der Waals surface area contributed by atoms with Gasteiger partial charge in [-0.05, 0) is 42.3 Å². The van der Waals surface area contributed by atoms with Crippen LogP contribution in [-0.2, 0) is 4.79 Å². The van der Waals surface area contributed by atoms with Gasteiger partial charge in [-0.2, -0.15) is 0 Å². The second-order valence-corrected chi connectivity index (χ2v) is 6.41. The van der Waals surface area contributed by atoms with Crippen molar-refractivity contribution < 1.29 is 19.1 Å². The minimum atomic E-state index is -0.126. The lowest BCUT2D eigenvalue weighted by atomic mass is 10.1. The molecule has 3 rings (SSSR count). The Morgan fingerprint density at radius 2 is 2.07 bits per heavy atom. The standard InChI is InChI=1S/C23H23NO4/c1-3-14-28-21-12-10-17(15-22(21)27-2)9-11-20(25)18-6-4-7-19(16-18)24-13-5-8-23(24)26/h3-4,6-7,9-12,15-16H,1,5,8,13-14H2,2H3/b11-9+. The zero-order valence-corrected chi connectivity index (χ0v) is 15.9. The zero-order valence-electron chi connectivity index (χ0n) is 15.9. The van der Waals surface area contributed by atoms with E-state index in [0.29, 0.717) is 36.6 Å². The smallest absolute Gasteiger partial charge is 0.227 e. The van der Waals surface area contributed by atoms with Gasteiger partial charge in [0.15, 0.2) is 17.3 Å². The number of rotatable bonds is 8. The van der Waals surface area contributed by atoms with Crippen LogP contribution >= 0.6 is 0 Å². The summed E-state index contributed by atoms with van der Waals surface area (Å²) in [5, 5.41) is 0. The average molecular weight is 377 g/mol. The molecule has 1 aliphatic rings. The van der Waals surface area contributed by atoms with Gasteiger partial charge in [-0.15, -0.1) is 0 Å². The van der Waals surface area contributed by atoms with E-state index < -0.39 is 0 Å². The Balaban J connectivity index is 1.74. The van der Waals surface area contributed by atoms with Crippen LogP contribution in [0.1, 0.15) is 28.8 Å². The molecule has 1 saturated heterocycles. The number of anilines is 1. The lowest BCUT2D eigenvalue weighted by Crippen LogP contribution is -2.23. The molecule has 1 aliphatic heterocycles. The van der Waals surface area contributed by atoms with Crippen LogP contribution < -0.4 is 14.4 Å². The summed E-state index contributed by atoms with van der Waals surface area (Å²) in [5.74, 6) is 1.19. The molecule has 0 aromatic heterocycles. The van der Waals surface area contributed by atoms with E-state index in [1.807, 2.05) is 18.2 Å². The number of ether oxygens (including phenoxy) is 2. The highest BCUT2D eigenvalue weighted by molar-refractivity contribution is 6.08. The maximum atomic E-state index is 12.6. The fourth-order valence-electron chi connectivity index (χ4n) is 3.07. The maximum Gasteiger partial charge on any atom is 0.227 e. The summed E-state index contributed by atoms with van der Waals surface area (Å²) < 4.78 is 10.9. The second-order valence-electron chi connectivity index (χ2n) is 6.41. The number of benzene rings is 2. The molecule has 0 bridgehead atoms. The molecule has 0 spiro atoms. The minimum absolute atomic E-state index is 0.103. The highest BCUT2D eigenvalue weighted by Crippen LogP contribution is 2.29. The predicted molar refractivity (Wildman–Crippen MR) is 110 cm³/mol. The first-order valence-electron chi connectivity index (χ1n) is 9.17. The number of methoxy groups -OCH3 is 1. The summed E-state index contributed by atoms with van der Waals surface area (Å²) >= 11 is 0. The Morgan fingerprint density at radius 1 is 1.21 bits per heavy atom. The van der Waals surface area contributed by atoms with Gasteiger partial charge in [-0.3, -0.25) is 9.59 Å². The third-order valence-electron chi connectivity index (χ3n) is 4.49. The fourth-order valence-corrected chi connectivity index (χ4v) is 3.07. The Kier molecular flexibility index (Phi) is 6.27. The number of carbonyl (C=O) groups excluding carboxylic acids is 2. The van der Waals surface area contributed by atoms with Crippen LogP contribution in [0.3, 0.4) is 0 Å². The van der Waals surface area contributed by atoms with Gasteiger partial charge in [-0.25, -0.2) is 0 Å². The number of hydrogen-bond acceptors (Lipinski definition) is 4. The van der Waals surface area contributed by atoms with E-state index in [0.717, 1.165) is 17.7 Å². The normalized spacial score (nSPS) is 13.8. The lowest BCUT2D eigenvalue weighted by molar-refractivity contribution is -0.117. The molecule has 1 heterocycles. The van der Waals surface area contributed by atoms with Crippen molar-refractivity contribution in [3.63, 3.8) is 0 Å². The number of carbonyl (C=O) groups is 2. The van der Waals surface area contributed by atoms with E-state index in [4.69, 9.17) is 9.47 Å². The Bertz CT molecular complexity index is 917. The van der Waals surface area contributed by atoms with Crippen molar-refractivity contribution in [2.45, 2.75) is 12.8 Å². The molecule has 0 radical (unpaired) electrons. The highest BCUT2D eigenvalue weighted by atomic mass is 16.5. The fraction of sp³-hybridized carbons (Fsp3) is 0.217. The Hall–Kier alpha value is -3.34. The summed E-state index contributed by atoms with van der Waals surface area (Å²) in [5.41, 5.74) is 2.14. The molecule has 0 saturated carbocycles. The summed E-state index contributed by atoms with van der Waals surface area (Å²) in [4.78, 5) is 26.2.